The van der Waals surface area contributed by atoms with Crippen LogP contribution in [0.3, 0.4) is 0 Å². The van der Waals surface area contributed by atoms with Crippen LogP contribution in [0.2, 0.25) is 0 Å². The van der Waals surface area contributed by atoms with Gasteiger partial charge in [-0.2, -0.15) is 14.0 Å². The Morgan fingerprint density at radius 1 is 0.522 bits per heavy atom. The van der Waals surface area contributed by atoms with Crippen LogP contribution in [0.15, 0.2) is 0 Å². The standard InChI is InChI=1S/C34H51F2N4O6/c1-29(2)13-20(14-30(3,4)38(29)41)44-26-23(19-37)27(45-21-15-31(5,6)39(42)32(7,8)16-21)25(36)28(24(26)35)46-22-17-33(9,10)40(43)34(11,12)18-22/h20-22H,13-18H2,1-12H3. The van der Waals surface area contributed by atoms with Crippen molar-refractivity contribution in [3.05, 3.63) is 17.2 Å². The van der Waals surface area contributed by atoms with E-state index >= 15 is 8.78 Å². The molecule has 0 amide bonds. The summed E-state index contributed by atoms with van der Waals surface area (Å²) < 4.78 is 51.7. The van der Waals surface area contributed by atoms with Crippen molar-refractivity contribution >= 4 is 0 Å². The van der Waals surface area contributed by atoms with E-state index in [0.717, 1.165) is 15.2 Å². The highest BCUT2D eigenvalue weighted by Gasteiger charge is 2.51. The molecule has 3 heterocycles. The molecule has 0 aromatic heterocycles. The number of rotatable bonds is 6. The molecule has 3 fully saturated rings. The molecule has 46 heavy (non-hydrogen) atoms. The number of nitriles is 1. The summed E-state index contributed by atoms with van der Waals surface area (Å²) in [6.07, 6.45) is -0.829. The average molecular weight is 650 g/mol. The van der Waals surface area contributed by atoms with Gasteiger partial charge in [0, 0.05) is 71.8 Å². The number of ether oxygens (including phenoxy) is 3. The fraction of sp³-hybridized carbons (Fsp3) is 0.794. The molecule has 0 N–H and O–H groups in total. The Hall–Kier alpha value is -2.27. The molecule has 12 heteroatoms. The molecular weight excluding hydrogens is 598 g/mol. The van der Waals surface area contributed by atoms with Crippen molar-refractivity contribution in [1.82, 2.24) is 15.2 Å². The van der Waals surface area contributed by atoms with Crippen LogP contribution >= 0.6 is 0 Å². The van der Waals surface area contributed by atoms with Gasteiger partial charge in [-0.1, -0.05) is 0 Å². The fourth-order valence-electron chi connectivity index (χ4n) is 8.32. The van der Waals surface area contributed by atoms with Gasteiger partial charge >= 0.3 is 0 Å². The van der Waals surface area contributed by atoms with Crippen LogP contribution in [-0.2, 0) is 15.6 Å². The molecule has 0 unspecified atom stereocenters. The van der Waals surface area contributed by atoms with Gasteiger partial charge in [0.1, 0.15) is 29.9 Å². The monoisotopic (exact) mass is 649 g/mol. The maximum Gasteiger partial charge on any atom is 0.211 e. The van der Waals surface area contributed by atoms with E-state index in [1.54, 1.807) is 83.1 Å². The Kier molecular flexibility index (Phi) is 9.30. The summed E-state index contributed by atoms with van der Waals surface area (Å²) in [5.41, 5.74) is -5.65. The van der Waals surface area contributed by atoms with Gasteiger partial charge in [-0.25, -0.2) is 0 Å². The number of hydrogen-bond acceptors (Lipinski definition) is 7. The highest BCUT2D eigenvalue weighted by atomic mass is 19.1. The van der Waals surface area contributed by atoms with E-state index in [1.165, 1.54) is 0 Å². The summed E-state index contributed by atoms with van der Waals surface area (Å²) >= 11 is 0. The lowest BCUT2D eigenvalue weighted by Crippen LogP contribution is -2.60. The first-order chi connectivity index (χ1) is 20.8. The van der Waals surface area contributed by atoms with Gasteiger partial charge in [0.25, 0.3) is 0 Å². The van der Waals surface area contributed by atoms with Crippen molar-refractivity contribution in [3.63, 3.8) is 0 Å². The minimum absolute atomic E-state index is 0.194. The largest absolute Gasteiger partial charge is 0.486 e. The van der Waals surface area contributed by atoms with Crippen LogP contribution in [0, 0.1) is 23.0 Å². The van der Waals surface area contributed by atoms with E-state index in [4.69, 9.17) is 14.2 Å². The van der Waals surface area contributed by atoms with E-state index in [0.29, 0.717) is 0 Å². The molecule has 0 spiro atoms. The highest BCUT2D eigenvalue weighted by molar-refractivity contribution is 5.59. The minimum Gasteiger partial charge on any atom is -0.486 e. The second kappa shape index (κ2) is 11.7. The van der Waals surface area contributed by atoms with Crippen LogP contribution in [-0.4, -0.2) is 66.7 Å². The Morgan fingerprint density at radius 3 is 0.957 bits per heavy atom. The lowest BCUT2D eigenvalue weighted by molar-refractivity contribution is -0.297. The highest BCUT2D eigenvalue weighted by Crippen LogP contribution is 2.48. The average Bonchev–Trinajstić information content (AvgIpc) is 2.89. The molecule has 257 valence electrons. The van der Waals surface area contributed by atoms with Gasteiger partial charge < -0.3 is 14.2 Å². The van der Waals surface area contributed by atoms with E-state index in [2.05, 4.69) is 0 Å². The first-order valence-electron chi connectivity index (χ1n) is 16.1. The molecule has 3 aliphatic heterocycles. The smallest absolute Gasteiger partial charge is 0.211 e. The van der Waals surface area contributed by atoms with Crippen molar-refractivity contribution < 1.29 is 38.6 Å². The fourth-order valence-corrected chi connectivity index (χ4v) is 8.32. The van der Waals surface area contributed by atoms with E-state index in [9.17, 15) is 20.9 Å². The molecule has 3 radical (unpaired) electrons. The molecule has 0 atom stereocenters. The molecular formula is C34H51F2N4O6. The first-order valence-corrected chi connectivity index (χ1v) is 16.1. The molecule has 10 nitrogen and oxygen atoms in total. The number of benzene rings is 1. The number of hydrogen-bond donors (Lipinski definition) is 0. The van der Waals surface area contributed by atoms with Crippen LogP contribution in [0.5, 0.6) is 17.2 Å². The van der Waals surface area contributed by atoms with Crippen LogP contribution < -0.4 is 14.2 Å². The maximum absolute atomic E-state index is 16.6. The summed E-state index contributed by atoms with van der Waals surface area (Å²) in [6, 6.07) is 1.91. The zero-order chi connectivity index (χ0) is 35.0. The SMILES string of the molecule is CC1(C)CC(Oc2c(F)c(OC3CC(C)(C)N([O])C(C)(C)C3)c(C#N)c(OC3CC(C)(C)N([O])C(C)(C)C3)c2F)CC(C)(C)N1[O]. The second-order valence-electron chi connectivity index (χ2n) is 17.3. The van der Waals surface area contributed by atoms with Gasteiger partial charge in [-0.3, -0.25) is 0 Å². The molecule has 4 rings (SSSR count). The minimum atomic E-state index is -1.18. The van der Waals surface area contributed by atoms with Crippen molar-refractivity contribution in [3.8, 4) is 23.3 Å². The summed E-state index contributed by atoms with van der Waals surface area (Å²) in [7, 11) is 0. The molecule has 0 saturated carbocycles. The lowest BCUT2D eigenvalue weighted by atomic mass is 9.80. The number of halogens is 2. The van der Waals surface area contributed by atoms with Crippen LogP contribution in [0.25, 0.3) is 0 Å². The lowest BCUT2D eigenvalue weighted by Gasteiger charge is -2.50. The van der Waals surface area contributed by atoms with Gasteiger partial charge in [0.15, 0.2) is 17.2 Å². The summed E-state index contributed by atoms with van der Waals surface area (Å²) in [5.74, 6) is -4.14. The zero-order valence-corrected chi connectivity index (χ0v) is 29.5. The summed E-state index contributed by atoms with van der Waals surface area (Å²) in [5, 5.41) is 52.3. The van der Waals surface area contributed by atoms with Crippen molar-refractivity contribution in [2.24, 2.45) is 0 Å². The molecule has 1 aromatic rings. The predicted molar refractivity (Wildman–Crippen MR) is 164 cm³/mol. The van der Waals surface area contributed by atoms with Crippen molar-refractivity contribution in [2.75, 3.05) is 0 Å². The third kappa shape index (κ3) is 6.69. The topological polar surface area (TPSA) is 121 Å². The number of piperidine rings is 3. The zero-order valence-electron chi connectivity index (χ0n) is 29.5. The first kappa shape index (κ1) is 36.6. The van der Waals surface area contributed by atoms with E-state index in [1.807, 2.05) is 6.07 Å². The van der Waals surface area contributed by atoms with Crippen molar-refractivity contribution in [1.29, 1.82) is 5.26 Å². The summed E-state index contributed by atoms with van der Waals surface area (Å²) in [6.45, 7) is 21.2. The van der Waals surface area contributed by atoms with Gasteiger partial charge in [-0.05, 0) is 83.1 Å². The Morgan fingerprint density at radius 2 is 0.739 bits per heavy atom. The van der Waals surface area contributed by atoms with Crippen LogP contribution in [0.4, 0.5) is 8.78 Å². The Labute approximate surface area is 272 Å². The third-order valence-electron chi connectivity index (χ3n) is 9.88. The molecule has 1 aromatic carbocycles. The Balaban J connectivity index is 1.83. The van der Waals surface area contributed by atoms with Crippen LogP contribution in [0.1, 0.15) is 127 Å². The van der Waals surface area contributed by atoms with E-state index in [-0.39, 0.29) is 38.5 Å². The Bertz CT molecular complexity index is 1250. The second-order valence-corrected chi connectivity index (χ2v) is 17.3. The van der Waals surface area contributed by atoms with Gasteiger partial charge in [0.05, 0.1) is 0 Å². The number of hydroxylamine groups is 6. The summed E-state index contributed by atoms with van der Waals surface area (Å²) in [4.78, 5) is 0. The van der Waals surface area contributed by atoms with Gasteiger partial charge in [0.2, 0.25) is 11.6 Å². The number of nitrogens with zero attached hydrogens (tertiary/aromatic N) is 4. The molecule has 0 aliphatic carbocycles. The molecule has 3 aliphatic rings. The maximum atomic E-state index is 16.6. The quantitative estimate of drug-likeness (QED) is 0.323. The normalized spacial score (nSPS) is 26.8. The van der Waals surface area contributed by atoms with Crippen molar-refractivity contribution in [2.45, 2.75) is 173 Å². The van der Waals surface area contributed by atoms with Gasteiger partial charge in [-0.15, -0.1) is 30.8 Å². The third-order valence-corrected chi connectivity index (χ3v) is 9.88. The molecule has 0 bridgehead atoms. The van der Waals surface area contributed by atoms with E-state index < -0.39 is 86.0 Å². The molecule has 3 saturated heterocycles. The predicted octanol–water partition coefficient (Wildman–Crippen LogP) is 7.07.